The van der Waals surface area contributed by atoms with Crippen molar-refractivity contribution in [3.05, 3.63) is 24.0 Å². The number of rotatable bonds is 0. The van der Waals surface area contributed by atoms with Gasteiger partial charge in [-0.3, -0.25) is 4.79 Å². The van der Waals surface area contributed by atoms with Crippen molar-refractivity contribution in [3.63, 3.8) is 0 Å². The van der Waals surface area contributed by atoms with E-state index in [0.29, 0.717) is 0 Å². The predicted molar refractivity (Wildman–Crippen MR) is 46.9 cm³/mol. The zero-order valence-electron chi connectivity index (χ0n) is 6.99. The van der Waals surface area contributed by atoms with Crippen molar-refractivity contribution in [2.75, 3.05) is 0 Å². The summed E-state index contributed by atoms with van der Waals surface area (Å²) >= 11 is 0. The molecular formula is C10H9NO2. The Morgan fingerprint density at radius 3 is 3.31 bits per heavy atom. The number of allylic oxidation sites excluding steroid dienone is 4. The summed E-state index contributed by atoms with van der Waals surface area (Å²) in [5.74, 6) is 2.64. The topological polar surface area (TPSA) is 38.3 Å². The van der Waals surface area contributed by atoms with E-state index in [1.54, 1.807) is 0 Å². The van der Waals surface area contributed by atoms with Crippen LogP contribution < -0.4 is 5.48 Å². The van der Waals surface area contributed by atoms with Crippen LogP contribution in [0.5, 0.6) is 0 Å². The number of hydroxylamine groups is 1. The molecule has 2 aliphatic rings. The number of fused-ring (bicyclic) bond motifs is 1. The number of terminal acetylenes is 1. The first-order chi connectivity index (χ1) is 6.33. The van der Waals surface area contributed by atoms with Crippen molar-refractivity contribution in [2.45, 2.75) is 6.42 Å². The summed E-state index contributed by atoms with van der Waals surface area (Å²) < 4.78 is 0. The van der Waals surface area contributed by atoms with Crippen LogP contribution in [0.1, 0.15) is 6.42 Å². The molecule has 13 heavy (non-hydrogen) atoms. The van der Waals surface area contributed by atoms with Gasteiger partial charge in [-0.25, -0.2) is 0 Å². The molecule has 1 amide bonds. The molecule has 1 aliphatic heterocycles. The fraction of sp³-hybridized carbons (Fsp3) is 0.300. The maximum atomic E-state index is 11.3. The highest BCUT2D eigenvalue weighted by Gasteiger charge is 2.35. The van der Waals surface area contributed by atoms with Crippen molar-refractivity contribution in [2.24, 2.45) is 11.8 Å². The molecule has 1 aliphatic carbocycles. The highest BCUT2D eigenvalue weighted by molar-refractivity contribution is 5.82. The molecule has 2 atom stereocenters. The highest BCUT2D eigenvalue weighted by Crippen LogP contribution is 2.31. The second kappa shape index (κ2) is 2.98. The second-order valence-corrected chi connectivity index (χ2v) is 3.05. The number of carbonyl (C=O) groups is 1. The quantitative estimate of drug-likeness (QED) is 0.552. The molecule has 0 aromatic carbocycles. The third-order valence-corrected chi connectivity index (χ3v) is 2.29. The molecular weight excluding hydrogens is 166 g/mol. The Hall–Kier alpha value is -1.69. The minimum Gasteiger partial charge on any atom is -0.384 e. The second-order valence-electron chi connectivity index (χ2n) is 3.05. The van der Waals surface area contributed by atoms with Gasteiger partial charge in [0.05, 0.1) is 0 Å². The van der Waals surface area contributed by atoms with Gasteiger partial charge >= 0.3 is 0 Å². The standard InChI is InChI=1S/C10H9NO2/c1-2-7-8-5-3-4-6-9(8)13-11-10(7)12/h1,3-4,6-8H,5H2,(H,11,12). The van der Waals surface area contributed by atoms with Gasteiger partial charge in [0, 0.05) is 5.92 Å². The molecule has 3 nitrogen and oxygen atoms in total. The Kier molecular flexibility index (Phi) is 1.82. The van der Waals surface area contributed by atoms with Crippen LogP contribution in [-0.4, -0.2) is 5.91 Å². The molecule has 3 heteroatoms. The Morgan fingerprint density at radius 2 is 2.54 bits per heavy atom. The molecule has 0 aromatic rings. The van der Waals surface area contributed by atoms with Crippen LogP contribution in [0.2, 0.25) is 0 Å². The van der Waals surface area contributed by atoms with Gasteiger partial charge in [0.1, 0.15) is 11.7 Å². The minimum absolute atomic E-state index is 0.0174. The van der Waals surface area contributed by atoms with E-state index in [4.69, 9.17) is 11.3 Å². The largest absolute Gasteiger partial charge is 0.384 e. The van der Waals surface area contributed by atoms with E-state index in [1.165, 1.54) is 0 Å². The van der Waals surface area contributed by atoms with Gasteiger partial charge < -0.3 is 4.84 Å². The first kappa shape index (κ1) is 7.93. The molecule has 0 saturated carbocycles. The molecule has 2 rings (SSSR count). The van der Waals surface area contributed by atoms with Crippen molar-refractivity contribution in [1.29, 1.82) is 0 Å². The van der Waals surface area contributed by atoms with Crippen molar-refractivity contribution in [3.8, 4) is 12.3 Å². The zero-order valence-corrected chi connectivity index (χ0v) is 6.99. The summed E-state index contributed by atoms with van der Waals surface area (Å²) in [4.78, 5) is 16.3. The Bertz CT molecular complexity index is 335. The maximum Gasteiger partial charge on any atom is 0.268 e. The molecule has 0 aromatic heterocycles. The fourth-order valence-electron chi connectivity index (χ4n) is 1.59. The maximum absolute atomic E-state index is 11.3. The number of hydrogen-bond acceptors (Lipinski definition) is 2. The van der Waals surface area contributed by atoms with E-state index in [9.17, 15) is 4.79 Å². The first-order valence-electron chi connectivity index (χ1n) is 4.12. The minimum atomic E-state index is -0.398. The van der Waals surface area contributed by atoms with Crippen LogP contribution in [0.3, 0.4) is 0 Å². The molecule has 0 radical (unpaired) electrons. The van der Waals surface area contributed by atoms with E-state index in [0.717, 1.165) is 12.2 Å². The number of carbonyl (C=O) groups excluding carboxylic acids is 1. The van der Waals surface area contributed by atoms with Gasteiger partial charge in [-0.2, -0.15) is 5.48 Å². The van der Waals surface area contributed by atoms with Crippen LogP contribution in [0.15, 0.2) is 24.0 Å². The lowest BCUT2D eigenvalue weighted by atomic mass is 9.84. The normalized spacial score (nSPS) is 30.7. The average Bonchev–Trinajstić information content (AvgIpc) is 2.18. The van der Waals surface area contributed by atoms with E-state index < -0.39 is 5.92 Å². The Balaban J connectivity index is 2.29. The summed E-state index contributed by atoms with van der Waals surface area (Å²) in [5, 5.41) is 0. The van der Waals surface area contributed by atoms with Gasteiger partial charge in [0.2, 0.25) is 0 Å². The van der Waals surface area contributed by atoms with E-state index in [-0.39, 0.29) is 11.8 Å². The van der Waals surface area contributed by atoms with Gasteiger partial charge in [-0.05, 0) is 12.5 Å². The molecule has 0 spiro atoms. The lowest BCUT2D eigenvalue weighted by molar-refractivity contribution is -0.140. The van der Waals surface area contributed by atoms with Gasteiger partial charge in [-0.1, -0.05) is 18.1 Å². The molecule has 1 heterocycles. The third kappa shape index (κ3) is 1.20. The number of hydrogen-bond donors (Lipinski definition) is 1. The van der Waals surface area contributed by atoms with E-state index in [1.807, 2.05) is 18.2 Å². The Morgan fingerprint density at radius 1 is 1.69 bits per heavy atom. The summed E-state index contributed by atoms with van der Waals surface area (Å²) in [6, 6.07) is 0. The molecule has 1 fully saturated rings. The van der Waals surface area contributed by atoms with Gasteiger partial charge in [0.15, 0.2) is 0 Å². The molecule has 1 N–H and O–H groups in total. The van der Waals surface area contributed by atoms with Crippen LogP contribution in [-0.2, 0) is 9.63 Å². The molecule has 2 unspecified atom stereocenters. The van der Waals surface area contributed by atoms with Gasteiger partial charge in [-0.15, -0.1) is 6.42 Å². The highest BCUT2D eigenvalue weighted by atomic mass is 16.7. The Labute approximate surface area is 76.4 Å². The summed E-state index contributed by atoms with van der Waals surface area (Å²) in [5.41, 5.74) is 2.30. The summed E-state index contributed by atoms with van der Waals surface area (Å²) in [6.45, 7) is 0. The fourth-order valence-corrected chi connectivity index (χ4v) is 1.59. The lowest BCUT2D eigenvalue weighted by Gasteiger charge is -2.30. The summed E-state index contributed by atoms with van der Waals surface area (Å²) in [7, 11) is 0. The van der Waals surface area contributed by atoms with Gasteiger partial charge in [0.25, 0.3) is 5.91 Å². The molecule has 1 saturated heterocycles. The van der Waals surface area contributed by atoms with Crippen molar-refractivity contribution in [1.82, 2.24) is 5.48 Å². The SMILES string of the molecule is C#CC1C(=O)NOC2=CC=CCC21. The average molecular weight is 175 g/mol. The number of nitrogens with one attached hydrogen (secondary N) is 1. The van der Waals surface area contributed by atoms with E-state index in [2.05, 4.69) is 11.4 Å². The number of amides is 1. The molecule has 0 bridgehead atoms. The van der Waals surface area contributed by atoms with Crippen LogP contribution in [0, 0.1) is 24.2 Å². The van der Waals surface area contributed by atoms with Crippen LogP contribution in [0.25, 0.3) is 0 Å². The summed E-state index contributed by atoms with van der Waals surface area (Å²) in [6.07, 6.45) is 11.8. The van der Waals surface area contributed by atoms with Crippen molar-refractivity contribution >= 4 is 5.91 Å². The molecule has 66 valence electrons. The monoisotopic (exact) mass is 175 g/mol. The van der Waals surface area contributed by atoms with Crippen LogP contribution >= 0.6 is 0 Å². The van der Waals surface area contributed by atoms with E-state index >= 15 is 0 Å². The van der Waals surface area contributed by atoms with Crippen LogP contribution in [0.4, 0.5) is 0 Å². The first-order valence-corrected chi connectivity index (χ1v) is 4.12. The van der Waals surface area contributed by atoms with Crippen molar-refractivity contribution < 1.29 is 9.63 Å². The smallest absolute Gasteiger partial charge is 0.268 e. The zero-order chi connectivity index (χ0) is 9.26. The predicted octanol–water partition coefficient (Wildman–Crippen LogP) is 0.757. The third-order valence-electron chi connectivity index (χ3n) is 2.29. The lowest BCUT2D eigenvalue weighted by Crippen LogP contribution is -2.41.